The van der Waals surface area contributed by atoms with Crippen LogP contribution in [0.5, 0.6) is 5.75 Å². The second kappa shape index (κ2) is 18.1. The molecule has 0 spiro atoms. The van der Waals surface area contributed by atoms with Crippen molar-refractivity contribution in [3.05, 3.63) is 205 Å². The van der Waals surface area contributed by atoms with Crippen molar-refractivity contribution in [3.63, 3.8) is 0 Å². The van der Waals surface area contributed by atoms with Crippen molar-refractivity contribution in [2.45, 2.75) is 78.6 Å². The van der Waals surface area contributed by atoms with E-state index >= 15 is 0 Å². The number of aromatic nitrogens is 3. The molecular weight excluding hydrogens is 1090 g/mol. The molecule has 3 heterocycles. The van der Waals surface area contributed by atoms with Crippen molar-refractivity contribution >= 4 is 54.5 Å². The average Bonchev–Trinajstić information content (AvgIpc) is 3.98. The smallest absolute Gasteiger partial charge is 0.148 e. The van der Waals surface area contributed by atoms with Crippen molar-refractivity contribution in [1.29, 1.82) is 0 Å². The molecule has 0 saturated heterocycles. The molecule has 0 aliphatic carbocycles. The molecule has 6 heteroatoms. The molecule has 0 atom stereocenters. The monoisotopic (exact) mass is 1140 g/mol. The summed E-state index contributed by atoms with van der Waals surface area (Å²) in [4.78, 5) is 10.8. The number of rotatable bonds is 6. The molecule has 12 rings (SSSR count). The molecule has 1 N–H and O–H groups in total. The topological polar surface area (TPSA) is 64.1 Å². The van der Waals surface area contributed by atoms with Crippen LogP contribution < -0.4 is 0 Å². The number of hydrogen-bond acceptors (Lipinski definition) is 4. The van der Waals surface area contributed by atoms with Crippen LogP contribution in [-0.4, -0.2) is 19.6 Å². The van der Waals surface area contributed by atoms with Gasteiger partial charge in [-0.05, 0) is 107 Å². The number of hydrogen-bond donors (Lipinski definition) is 1. The van der Waals surface area contributed by atoms with Gasteiger partial charge in [0.05, 0.1) is 27.9 Å². The van der Waals surface area contributed by atoms with Gasteiger partial charge in [-0.3, -0.25) is 9.55 Å². The Morgan fingerprint density at radius 2 is 1.22 bits per heavy atom. The summed E-state index contributed by atoms with van der Waals surface area (Å²) < 4.78 is 9.39. The van der Waals surface area contributed by atoms with E-state index in [1.165, 1.54) is 16.3 Å². The van der Waals surface area contributed by atoms with E-state index in [1.54, 1.807) is 0 Å². The van der Waals surface area contributed by atoms with Gasteiger partial charge in [0.15, 0.2) is 0 Å². The maximum Gasteiger partial charge on any atom is 0.148 e. The van der Waals surface area contributed by atoms with Gasteiger partial charge in [-0.2, -0.15) is 0 Å². The molecule has 5 nitrogen and oxygen atoms in total. The summed E-state index contributed by atoms with van der Waals surface area (Å²) >= 11 is 0. The summed E-state index contributed by atoms with van der Waals surface area (Å²) in [5, 5.41) is 19.4. The second-order valence-electron chi connectivity index (χ2n) is 22.7. The molecule has 0 radical (unpaired) electrons. The van der Waals surface area contributed by atoms with Crippen molar-refractivity contribution in [1.82, 2.24) is 14.5 Å². The summed E-state index contributed by atoms with van der Waals surface area (Å²) in [6, 6.07) is 66.2. The first-order valence-electron chi connectivity index (χ1n) is 25.4. The molecular formula is C68H58N3O2Pt-. The van der Waals surface area contributed by atoms with Crippen LogP contribution >= 0.6 is 0 Å². The van der Waals surface area contributed by atoms with Crippen LogP contribution in [-0.2, 0) is 37.3 Å². The maximum atomic E-state index is 12.7. The van der Waals surface area contributed by atoms with Crippen LogP contribution in [0, 0.1) is 6.07 Å². The SMILES string of the molecule is CC(C)(C)c1ccc(-n2c(-c3cc(C(C)(C)C)cc(C(C)(C)C)c3O)nc3c(-c4[c-]c(-c5cc(-c6ccccc6)ccn5)cc5c4oc4ccc6c7ccccc7ccc6c45)cccc32)c(-c2ccccc2)c1.[Pt]. The largest absolute Gasteiger partial charge is 0.507 e. The van der Waals surface area contributed by atoms with Crippen molar-refractivity contribution in [2.24, 2.45) is 0 Å². The number of fused-ring (bicyclic) bond motifs is 8. The molecule has 0 unspecified atom stereocenters. The molecule has 0 bridgehead atoms. The number of para-hydroxylation sites is 1. The van der Waals surface area contributed by atoms with Crippen LogP contribution in [0.4, 0.5) is 0 Å². The Labute approximate surface area is 447 Å². The van der Waals surface area contributed by atoms with E-state index in [4.69, 9.17) is 14.4 Å². The fourth-order valence-electron chi connectivity index (χ4n) is 10.7. The third-order valence-electron chi connectivity index (χ3n) is 14.7. The third kappa shape index (κ3) is 8.32. The Kier molecular flexibility index (Phi) is 11.9. The summed E-state index contributed by atoms with van der Waals surface area (Å²) in [5.41, 5.74) is 14.9. The van der Waals surface area contributed by atoms with Gasteiger partial charge >= 0.3 is 0 Å². The van der Waals surface area contributed by atoms with Gasteiger partial charge in [0, 0.05) is 49.5 Å². The molecule has 0 aliphatic rings. The van der Waals surface area contributed by atoms with E-state index in [-0.39, 0.29) is 43.1 Å². The summed E-state index contributed by atoms with van der Waals surface area (Å²) in [6.45, 7) is 19.9. The third-order valence-corrected chi connectivity index (χ3v) is 14.7. The maximum absolute atomic E-state index is 12.7. The fourth-order valence-corrected chi connectivity index (χ4v) is 10.7. The second-order valence-corrected chi connectivity index (χ2v) is 22.7. The molecule has 74 heavy (non-hydrogen) atoms. The molecule has 368 valence electrons. The zero-order chi connectivity index (χ0) is 50.6. The molecule has 0 fully saturated rings. The Hall–Kier alpha value is -7.59. The van der Waals surface area contributed by atoms with Crippen LogP contribution in [0.2, 0.25) is 0 Å². The van der Waals surface area contributed by atoms with Crippen molar-refractivity contribution in [3.8, 4) is 67.5 Å². The Bertz CT molecular complexity index is 4150. The van der Waals surface area contributed by atoms with Crippen LogP contribution in [0.3, 0.4) is 0 Å². The quantitative estimate of drug-likeness (QED) is 0.133. The Morgan fingerprint density at radius 3 is 1.95 bits per heavy atom. The first-order chi connectivity index (χ1) is 35.0. The van der Waals surface area contributed by atoms with Crippen LogP contribution in [0.1, 0.15) is 79.0 Å². The van der Waals surface area contributed by atoms with Gasteiger partial charge in [-0.1, -0.05) is 212 Å². The summed E-state index contributed by atoms with van der Waals surface area (Å²) in [6.07, 6.45) is 1.89. The first kappa shape index (κ1) is 48.7. The first-order valence-corrected chi connectivity index (χ1v) is 25.4. The number of furan rings is 1. The number of nitrogens with zero attached hydrogens (tertiary/aromatic N) is 3. The van der Waals surface area contributed by atoms with E-state index in [9.17, 15) is 5.11 Å². The van der Waals surface area contributed by atoms with E-state index < -0.39 is 0 Å². The normalized spacial score (nSPS) is 12.3. The van der Waals surface area contributed by atoms with Gasteiger partial charge in [-0.15, -0.1) is 12.1 Å². The molecule has 9 aromatic carbocycles. The zero-order valence-electron chi connectivity index (χ0n) is 43.3. The number of aromatic hydroxyl groups is 1. The van der Waals surface area contributed by atoms with Gasteiger partial charge in [0.2, 0.25) is 0 Å². The molecule has 0 aliphatic heterocycles. The van der Waals surface area contributed by atoms with Crippen LogP contribution in [0.15, 0.2) is 187 Å². The van der Waals surface area contributed by atoms with E-state index in [0.29, 0.717) is 17.0 Å². The zero-order valence-corrected chi connectivity index (χ0v) is 45.6. The summed E-state index contributed by atoms with van der Waals surface area (Å²) in [5.74, 6) is 0.868. The minimum absolute atomic E-state index is 0. The summed E-state index contributed by atoms with van der Waals surface area (Å²) in [7, 11) is 0. The number of imidazole rings is 1. The minimum Gasteiger partial charge on any atom is -0.507 e. The molecule has 0 amide bonds. The van der Waals surface area contributed by atoms with Crippen LogP contribution in [0.25, 0.3) is 116 Å². The predicted molar refractivity (Wildman–Crippen MR) is 305 cm³/mol. The molecule has 0 saturated carbocycles. The minimum atomic E-state index is -0.365. The standard InChI is InChI=1S/C68H58N3O2.Pt/c1-66(2,3)46-28-31-58(52(38-46)42-21-14-11-15-22-42)71-59-26-18-25-51(62(59)70-65(71)55-39-47(67(4,5)6)40-56(63(55)72)68(7,8)9)53-35-45(57-37-44(33-34-69-57)41-19-12-10-13-20-41)36-54-61-50-29-27-43-23-16-17-24-48(43)49(50)30-32-60(61)73-64(53)54;/h10-34,36-40,72H,1-9H3;/q-1;. The van der Waals surface area contributed by atoms with Gasteiger partial charge < -0.3 is 9.52 Å². The van der Waals surface area contributed by atoms with Gasteiger partial charge in [0.1, 0.15) is 17.2 Å². The van der Waals surface area contributed by atoms with Gasteiger partial charge in [-0.25, -0.2) is 4.98 Å². The number of pyridine rings is 1. The average molecular weight is 1140 g/mol. The Balaban J connectivity index is 0.00000588. The number of benzene rings is 9. The Morgan fingerprint density at radius 1 is 0.527 bits per heavy atom. The van der Waals surface area contributed by atoms with E-state index in [2.05, 4.69) is 243 Å². The number of phenolic OH excluding ortho intramolecular Hbond substituents is 1. The van der Waals surface area contributed by atoms with Crippen molar-refractivity contribution < 1.29 is 30.6 Å². The predicted octanol–water partition coefficient (Wildman–Crippen LogP) is 18.4. The van der Waals surface area contributed by atoms with Crippen molar-refractivity contribution in [2.75, 3.05) is 0 Å². The van der Waals surface area contributed by atoms with E-state index in [0.717, 1.165) is 99.6 Å². The fraction of sp³-hybridized carbons (Fsp3) is 0.176. The van der Waals surface area contributed by atoms with Gasteiger partial charge in [0.25, 0.3) is 0 Å². The molecule has 3 aromatic heterocycles. The number of phenols is 1. The van der Waals surface area contributed by atoms with E-state index in [1.807, 2.05) is 12.3 Å². The molecule has 12 aromatic rings.